The summed E-state index contributed by atoms with van der Waals surface area (Å²) in [4.78, 5) is 48.8. The summed E-state index contributed by atoms with van der Waals surface area (Å²) in [6.07, 6.45) is 1.55. The quantitative estimate of drug-likeness (QED) is 0.442. The Balaban J connectivity index is 1.77. The zero-order valence-electron chi connectivity index (χ0n) is 17.3. The summed E-state index contributed by atoms with van der Waals surface area (Å²) in [7, 11) is 1.22. The largest absolute Gasteiger partial charge is 0.490 e. The van der Waals surface area contributed by atoms with Crippen LogP contribution in [-0.2, 0) is 20.9 Å². The lowest BCUT2D eigenvalue weighted by Gasteiger charge is -2.12. The Labute approximate surface area is 187 Å². The van der Waals surface area contributed by atoms with Crippen LogP contribution in [0.15, 0.2) is 39.7 Å². The number of methoxy groups -OCH3 is 1. The molecule has 1 fully saturated rings. The number of amides is 3. The summed E-state index contributed by atoms with van der Waals surface area (Å²) in [6.45, 7) is 1.71. The number of carbonyl (C=O) groups is 4. The van der Waals surface area contributed by atoms with Crippen LogP contribution in [0.5, 0.6) is 11.5 Å². The summed E-state index contributed by atoms with van der Waals surface area (Å²) in [6, 6.07) is 7.78. The second-order valence-corrected chi connectivity index (χ2v) is 7.41. The molecule has 168 valence electrons. The normalized spacial score (nSPS) is 14.7. The average Bonchev–Trinajstić information content (AvgIpc) is 3.33. The highest BCUT2D eigenvalue weighted by molar-refractivity contribution is 8.18. The van der Waals surface area contributed by atoms with Gasteiger partial charge in [0.25, 0.3) is 17.1 Å². The van der Waals surface area contributed by atoms with E-state index in [0.717, 1.165) is 16.7 Å². The number of hydrogen-bond donors (Lipinski definition) is 1. The van der Waals surface area contributed by atoms with Crippen LogP contribution >= 0.6 is 11.8 Å². The fourth-order valence-corrected chi connectivity index (χ4v) is 3.61. The predicted octanol–water partition coefficient (Wildman–Crippen LogP) is 2.57. The maximum absolute atomic E-state index is 12.8. The summed E-state index contributed by atoms with van der Waals surface area (Å²) >= 11 is 0.783. The van der Waals surface area contributed by atoms with Crippen LogP contribution < -0.4 is 15.2 Å². The van der Waals surface area contributed by atoms with Gasteiger partial charge in [-0.3, -0.25) is 19.3 Å². The van der Waals surface area contributed by atoms with E-state index in [2.05, 4.69) is 4.74 Å². The van der Waals surface area contributed by atoms with Gasteiger partial charge in [-0.05, 0) is 54.6 Å². The maximum Gasteiger partial charge on any atom is 0.373 e. The first-order chi connectivity index (χ1) is 15.3. The van der Waals surface area contributed by atoms with Crippen LogP contribution in [0.25, 0.3) is 6.08 Å². The van der Waals surface area contributed by atoms with Gasteiger partial charge in [-0.25, -0.2) is 4.79 Å². The third kappa shape index (κ3) is 5.30. The van der Waals surface area contributed by atoms with Gasteiger partial charge < -0.3 is 24.4 Å². The highest BCUT2D eigenvalue weighted by atomic mass is 32.2. The van der Waals surface area contributed by atoms with Gasteiger partial charge in [0.2, 0.25) is 5.76 Å². The van der Waals surface area contributed by atoms with Gasteiger partial charge in [0.1, 0.15) is 5.76 Å². The zero-order valence-corrected chi connectivity index (χ0v) is 18.1. The summed E-state index contributed by atoms with van der Waals surface area (Å²) in [5.41, 5.74) is 5.70. The maximum atomic E-state index is 12.8. The monoisotopic (exact) mass is 460 g/mol. The van der Waals surface area contributed by atoms with E-state index in [1.54, 1.807) is 31.2 Å². The molecule has 0 saturated carbocycles. The molecular formula is C21H20N2O8S. The fraction of sp³-hybridized carbons (Fsp3) is 0.238. The Morgan fingerprint density at radius 2 is 1.94 bits per heavy atom. The van der Waals surface area contributed by atoms with Gasteiger partial charge in [0.05, 0.1) is 25.2 Å². The molecule has 0 atom stereocenters. The van der Waals surface area contributed by atoms with Gasteiger partial charge in [0.15, 0.2) is 18.1 Å². The number of esters is 1. The van der Waals surface area contributed by atoms with Crippen molar-refractivity contribution in [3.05, 3.63) is 52.3 Å². The number of carbonyl (C=O) groups excluding carboxylic acids is 4. The topological polar surface area (TPSA) is 138 Å². The van der Waals surface area contributed by atoms with E-state index in [1.165, 1.54) is 19.2 Å². The molecule has 3 rings (SSSR count). The van der Waals surface area contributed by atoms with Crippen LogP contribution in [0.4, 0.5) is 4.79 Å². The molecule has 1 aromatic heterocycles. The summed E-state index contributed by atoms with van der Waals surface area (Å²) in [5.74, 6) is -0.833. The van der Waals surface area contributed by atoms with E-state index in [-0.39, 0.29) is 29.6 Å². The number of rotatable bonds is 9. The number of imide groups is 1. The first-order valence-corrected chi connectivity index (χ1v) is 10.2. The van der Waals surface area contributed by atoms with E-state index in [4.69, 9.17) is 19.6 Å². The minimum Gasteiger partial charge on any atom is -0.490 e. The van der Waals surface area contributed by atoms with Crippen LogP contribution in [0.3, 0.4) is 0 Å². The molecule has 2 N–H and O–H groups in total. The van der Waals surface area contributed by atoms with Crippen molar-refractivity contribution in [1.29, 1.82) is 0 Å². The van der Waals surface area contributed by atoms with E-state index >= 15 is 0 Å². The number of benzene rings is 1. The molecule has 1 aromatic carbocycles. The molecule has 0 bridgehead atoms. The molecular weight excluding hydrogens is 440 g/mol. The van der Waals surface area contributed by atoms with Gasteiger partial charge >= 0.3 is 5.97 Å². The van der Waals surface area contributed by atoms with E-state index < -0.39 is 23.0 Å². The van der Waals surface area contributed by atoms with Crippen molar-refractivity contribution in [3.8, 4) is 11.5 Å². The fourth-order valence-electron chi connectivity index (χ4n) is 2.77. The average molecular weight is 460 g/mol. The Hall–Kier alpha value is -3.73. The van der Waals surface area contributed by atoms with Gasteiger partial charge in [0, 0.05) is 0 Å². The number of nitrogens with two attached hydrogens (primary N) is 1. The molecule has 1 aliphatic rings. The number of thioether (sulfide) groups is 1. The van der Waals surface area contributed by atoms with Crippen molar-refractivity contribution in [2.45, 2.75) is 13.5 Å². The van der Waals surface area contributed by atoms with E-state index in [9.17, 15) is 19.2 Å². The van der Waals surface area contributed by atoms with Crippen LogP contribution in [0, 0.1) is 0 Å². The van der Waals surface area contributed by atoms with Gasteiger partial charge in [-0.15, -0.1) is 0 Å². The molecule has 2 heterocycles. The smallest absolute Gasteiger partial charge is 0.373 e. The van der Waals surface area contributed by atoms with Gasteiger partial charge in [-0.2, -0.15) is 0 Å². The minimum atomic E-state index is -0.654. The highest BCUT2D eigenvalue weighted by Crippen LogP contribution is 2.35. The number of nitrogens with zero attached hydrogens (tertiary/aromatic N) is 1. The SMILES string of the molecule is CCOc1cc(C=C2SC(=O)N(Cc3ccc(C(=O)OC)o3)C2=O)ccc1OCC(N)=O. The second-order valence-electron chi connectivity index (χ2n) is 6.42. The van der Waals surface area contributed by atoms with Crippen molar-refractivity contribution >= 4 is 40.9 Å². The number of furan rings is 1. The molecule has 1 aliphatic heterocycles. The van der Waals surface area contributed by atoms with Crippen molar-refractivity contribution in [3.63, 3.8) is 0 Å². The first kappa shape index (κ1) is 22.9. The molecule has 0 unspecified atom stereocenters. The van der Waals surface area contributed by atoms with Crippen molar-refractivity contribution in [2.24, 2.45) is 5.73 Å². The molecule has 0 radical (unpaired) electrons. The van der Waals surface area contributed by atoms with Crippen molar-refractivity contribution in [1.82, 2.24) is 4.90 Å². The Morgan fingerprint density at radius 1 is 1.16 bits per heavy atom. The van der Waals surface area contributed by atoms with Crippen molar-refractivity contribution in [2.75, 3.05) is 20.3 Å². The van der Waals surface area contributed by atoms with E-state index in [0.29, 0.717) is 23.7 Å². The zero-order chi connectivity index (χ0) is 23.3. The number of primary amides is 1. The third-order valence-corrected chi connectivity index (χ3v) is 5.08. The lowest BCUT2D eigenvalue weighted by molar-refractivity contribution is -0.123. The highest BCUT2D eigenvalue weighted by Gasteiger charge is 2.35. The number of ether oxygens (including phenoxy) is 3. The lowest BCUT2D eigenvalue weighted by Crippen LogP contribution is -2.27. The predicted molar refractivity (Wildman–Crippen MR) is 114 cm³/mol. The second kappa shape index (κ2) is 10.1. The minimum absolute atomic E-state index is 0.0212. The van der Waals surface area contributed by atoms with Crippen molar-refractivity contribution < 1.29 is 37.8 Å². The Kier molecular flexibility index (Phi) is 7.21. The molecule has 1 saturated heterocycles. The Bertz CT molecular complexity index is 1090. The third-order valence-electron chi connectivity index (χ3n) is 4.17. The lowest BCUT2D eigenvalue weighted by atomic mass is 10.2. The molecule has 0 spiro atoms. The van der Waals surface area contributed by atoms with Crippen LogP contribution in [-0.4, -0.2) is 48.2 Å². The molecule has 32 heavy (non-hydrogen) atoms. The van der Waals surface area contributed by atoms with E-state index in [1.807, 2.05) is 0 Å². The molecule has 10 nitrogen and oxygen atoms in total. The molecule has 0 aliphatic carbocycles. The molecule has 3 amide bonds. The molecule has 2 aromatic rings. The Morgan fingerprint density at radius 3 is 2.62 bits per heavy atom. The standard InChI is InChI=1S/C21H20N2O8S/c1-3-29-16-8-12(4-6-14(16)30-11-18(22)24)9-17-19(25)23(21(27)32-17)10-13-5-7-15(31-13)20(26)28-2/h4-9H,3,10-11H2,1-2H3,(H2,22,24). The summed E-state index contributed by atoms with van der Waals surface area (Å²) in [5, 5.41) is -0.469. The van der Waals surface area contributed by atoms with Gasteiger partial charge in [-0.1, -0.05) is 6.07 Å². The van der Waals surface area contributed by atoms with Crippen LogP contribution in [0.1, 0.15) is 28.8 Å². The first-order valence-electron chi connectivity index (χ1n) is 9.42. The summed E-state index contributed by atoms with van der Waals surface area (Å²) < 4.78 is 20.8. The van der Waals surface area contributed by atoms with Crippen LogP contribution in [0.2, 0.25) is 0 Å². The number of hydrogen-bond acceptors (Lipinski definition) is 9. The molecule has 11 heteroatoms.